The van der Waals surface area contributed by atoms with Crippen LogP contribution in [0, 0.1) is 36.4 Å². The number of pyridine rings is 6. The Morgan fingerprint density at radius 3 is 1.00 bits per heavy atom. The maximum atomic E-state index is 4.99. The summed E-state index contributed by atoms with van der Waals surface area (Å²) >= 11 is 1.83. The Balaban J connectivity index is 0.000000132. The van der Waals surface area contributed by atoms with Gasteiger partial charge in [-0.15, -0.1) is 179 Å². The molecule has 0 unspecified atom stereocenters. The molecule has 0 N–H and O–H groups in total. The second-order valence-electron chi connectivity index (χ2n) is 32.6. The number of nitrogens with zero attached hydrogens (tertiary/aromatic N) is 8. The van der Waals surface area contributed by atoms with E-state index in [-0.39, 0.29) is 60.3 Å². The fraction of sp³-hybridized carbons (Fsp3) is 0.0690. The van der Waals surface area contributed by atoms with Gasteiger partial charge < -0.3 is 39.0 Å². The zero-order valence-corrected chi connectivity index (χ0v) is 84.7. The maximum Gasteiger partial charge on any atom is 0.114 e. The predicted octanol–water partition coefficient (Wildman–Crippen LogP) is 25.3. The first kappa shape index (κ1) is 94.3. The molecule has 15 heteroatoms. The first-order valence-electron chi connectivity index (χ1n) is 43.2. The van der Waals surface area contributed by atoms with Gasteiger partial charge in [0.2, 0.25) is 0 Å². The monoisotopic (exact) mass is 2290 g/mol. The van der Waals surface area contributed by atoms with E-state index in [9.17, 15) is 0 Å². The second-order valence-corrected chi connectivity index (χ2v) is 46.9. The van der Waals surface area contributed by atoms with Gasteiger partial charge in [0.25, 0.3) is 0 Å². The summed E-state index contributed by atoms with van der Waals surface area (Å²) < 4.78 is 7.31. The number of hydrogen-bond donors (Lipinski definition) is 0. The summed E-state index contributed by atoms with van der Waals surface area (Å²) in [5, 5.41) is 15.9. The summed E-state index contributed by atoms with van der Waals surface area (Å²) in [6.07, 6.45) is 11.6. The Labute approximate surface area is 816 Å². The number of fused-ring (bicyclic) bond motifs is 9. The second kappa shape index (κ2) is 44.2. The van der Waals surface area contributed by atoms with Gasteiger partial charge in [-0.2, -0.15) is 11.3 Å². The summed E-state index contributed by atoms with van der Waals surface area (Å²) in [7, 11) is -5.29. The van der Waals surface area contributed by atoms with Crippen molar-refractivity contribution in [1.82, 2.24) is 39.0 Å². The fourth-order valence-corrected chi connectivity index (χ4v) is 24.4. The summed E-state index contributed by atoms with van der Waals surface area (Å²) in [5.74, 6) is 0. The average Bonchev–Trinajstić information content (AvgIpc) is 1.59. The van der Waals surface area contributed by atoms with Gasteiger partial charge in [0.15, 0.2) is 0 Å². The molecule has 9 aromatic heterocycles. The van der Waals surface area contributed by atoms with Crippen molar-refractivity contribution in [2.24, 2.45) is 0 Å². The van der Waals surface area contributed by atoms with E-state index in [1.54, 1.807) is 18.6 Å². The standard InChI is InChI=1S/C31H25N2Si.C27H25N2Si.C25H20NSSi.3C11H8N.3Ir/c1-34(2,24-14-7-4-8-15-24)25-20-21-29(32-22-25)28-18-11-17-27-26-16-9-10-19-30(26)33(31(27)28)23-12-5-3-6-13-23;1-4-29-26-16-9-8-13-22(26)23-14-10-15-24(27(23)29)25-18-17-21(19-28-25)30(2,3)20-11-6-5-7-12-20;1-28(2,18-9-4-3-5-10-18)19-15-16-23(26-17-19)22-13-8-12-21-20-11-6-7-14-24(20)27-25(21)22;3*1-2-6-10(7-3-1)11-8-4-5-9-12-11;;;/h3-17,19-22H,1-2H3;5-14,16-19H,4H2,1-3H3;3-12,14-17H,1-2H3;3*1-6,8-9H;;;/q6*-1;;;. The van der Waals surface area contributed by atoms with Crippen LogP contribution in [0.5, 0.6) is 0 Å². The van der Waals surface area contributed by atoms with Gasteiger partial charge >= 0.3 is 0 Å². The molecule has 8 nitrogen and oxygen atoms in total. The number of para-hydroxylation sites is 3. The average molecular weight is 2290 g/mol. The summed E-state index contributed by atoms with van der Waals surface area (Å²) in [4.78, 5) is 27.4. The van der Waals surface area contributed by atoms with Crippen LogP contribution in [0.3, 0.4) is 0 Å². The first-order valence-corrected chi connectivity index (χ1v) is 53.1. The number of aromatic nitrogens is 8. The van der Waals surface area contributed by atoms with E-state index in [0.717, 1.165) is 85.3 Å². The molecule has 13 aromatic carbocycles. The zero-order valence-electron chi connectivity index (χ0n) is 73.7. The Kier molecular flexibility index (Phi) is 31.8. The molecule has 131 heavy (non-hydrogen) atoms. The number of rotatable bonds is 14. The summed E-state index contributed by atoms with van der Waals surface area (Å²) in [5.41, 5.74) is 18.2. The van der Waals surface area contributed by atoms with E-state index in [0.29, 0.717) is 0 Å². The molecule has 0 saturated heterocycles. The van der Waals surface area contributed by atoms with Crippen molar-refractivity contribution < 1.29 is 60.3 Å². The van der Waals surface area contributed by atoms with Crippen molar-refractivity contribution in [3.8, 4) is 73.2 Å². The van der Waals surface area contributed by atoms with Crippen molar-refractivity contribution in [1.29, 1.82) is 0 Å². The molecule has 0 aliphatic heterocycles. The van der Waals surface area contributed by atoms with Crippen LogP contribution in [0.15, 0.2) is 431 Å². The summed E-state index contributed by atoms with van der Waals surface area (Å²) in [6.45, 7) is 17.4. The molecule has 0 amide bonds. The molecule has 0 spiro atoms. The van der Waals surface area contributed by atoms with Crippen LogP contribution in [-0.2, 0) is 66.9 Å². The van der Waals surface area contributed by atoms with E-state index < -0.39 is 24.2 Å². The van der Waals surface area contributed by atoms with Crippen molar-refractivity contribution >= 4 is 130 Å². The van der Waals surface area contributed by atoms with Gasteiger partial charge in [-0.1, -0.05) is 308 Å². The molecule has 0 aliphatic rings. The largest absolute Gasteiger partial charge is 0.381 e. The van der Waals surface area contributed by atoms with Gasteiger partial charge in [-0.25, -0.2) is 0 Å². The van der Waals surface area contributed by atoms with Gasteiger partial charge in [0.1, 0.15) is 24.2 Å². The van der Waals surface area contributed by atoms with Gasteiger partial charge in [-0.05, 0) is 137 Å². The Bertz CT molecular complexity index is 7090. The van der Waals surface area contributed by atoms with Gasteiger partial charge in [0, 0.05) is 125 Å². The molecule has 22 rings (SSSR count). The maximum absolute atomic E-state index is 4.99. The van der Waals surface area contributed by atoms with Crippen LogP contribution < -0.4 is 31.1 Å². The van der Waals surface area contributed by atoms with Crippen molar-refractivity contribution in [3.63, 3.8) is 0 Å². The smallest absolute Gasteiger partial charge is 0.114 e. The molecule has 0 fully saturated rings. The zero-order chi connectivity index (χ0) is 87.7. The quantitative estimate of drug-likeness (QED) is 0.0796. The molecule has 0 saturated carbocycles. The molecular weight excluding hydrogens is 2200 g/mol. The molecule has 3 radical (unpaired) electrons. The Morgan fingerprint density at radius 1 is 0.260 bits per heavy atom. The van der Waals surface area contributed by atoms with Crippen molar-refractivity contribution in [3.05, 3.63) is 468 Å². The predicted molar refractivity (Wildman–Crippen MR) is 547 cm³/mol. The van der Waals surface area contributed by atoms with E-state index in [2.05, 4.69) is 374 Å². The first-order chi connectivity index (χ1) is 62.8. The Morgan fingerprint density at radius 2 is 0.603 bits per heavy atom. The van der Waals surface area contributed by atoms with Crippen LogP contribution in [0.25, 0.3) is 137 Å². The molecule has 0 aliphatic carbocycles. The number of benzene rings is 13. The van der Waals surface area contributed by atoms with E-state index in [1.807, 2.05) is 157 Å². The van der Waals surface area contributed by atoms with Crippen molar-refractivity contribution in [2.45, 2.75) is 52.8 Å². The van der Waals surface area contributed by atoms with Crippen LogP contribution >= 0.6 is 11.3 Å². The number of hydrogen-bond acceptors (Lipinski definition) is 7. The van der Waals surface area contributed by atoms with E-state index in [4.69, 9.17) is 15.0 Å². The fourth-order valence-electron chi connectivity index (χ4n) is 16.5. The van der Waals surface area contributed by atoms with Crippen molar-refractivity contribution in [2.75, 3.05) is 0 Å². The molecule has 0 bridgehead atoms. The van der Waals surface area contributed by atoms with E-state index >= 15 is 0 Å². The SMILES string of the molecule is CCn1c2ccccc2c2cc[c-]c(-c3ccc([Si](C)(C)c4ccccc4)cn3)c21.C[Si](C)(c1ccccc1)c1ccc(-c2[c-]ccc3c2sc2ccccc23)nc1.C[Si](C)(c1ccccc1)c1ccc(-c2[c-]ccc3c4ccccc4n(-c4ccccc4)c23)nc1.[Ir].[Ir].[Ir].[c-]1ccccc1-c1ccccn1.[c-]1ccccc1-c1ccccn1.[c-]1ccccc1-c1ccccn1. The normalized spacial score (nSPS) is 11.0. The Hall–Kier alpha value is -12.8. The molecule has 0 atom stereocenters. The number of thiophene rings is 1. The van der Waals surface area contributed by atoms with Gasteiger partial charge in [0.05, 0.1) is 0 Å². The third-order valence-corrected chi connectivity index (χ3v) is 35.4. The third kappa shape index (κ3) is 21.3. The van der Waals surface area contributed by atoms with E-state index in [1.165, 1.54) is 89.4 Å². The third-order valence-electron chi connectivity index (χ3n) is 23.7. The number of aryl methyl sites for hydroxylation is 1. The van der Waals surface area contributed by atoms with Crippen LogP contribution in [0.2, 0.25) is 39.3 Å². The molecule has 9 heterocycles. The molecule has 22 aromatic rings. The molecule has 649 valence electrons. The minimum atomic E-state index is -1.80. The summed E-state index contributed by atoms with van der Waals surface area (Å²) in [6, 6.07) is 156. The van der Waals surface area contributed by atoms with Crippen LogP contribution in [0.1, 0.15) is 6.92 Å². The van der Waals surface area contributed by atoms with Crippen LogP contribution in [-0.4, -0.2) is 63.3 Å². The minimum absolute atomic E-state index is 0. The topological polar surface area (TPSA) is 87.2 Å². The van der Waals surface area contributed by atoms with Crippen LogP contribution in [0.4, 0.5) is 0 Å². The minimum Gasteiger partial charge on any atom is -0.381 e. The van der Waals surface area contributed by atoms with Gasteiger partial charge in [-0.3, -0.25) is 0 Å². The molecular formula is C116H94Ir3N8SSi3-6.